The Bertz CT molecular complexity index is 1050. The van der Waals surface area contributed by atoms with Gasteiger partial charge in [-0.15, -0.1) is 0 Å². The van der Waals surface area contributed by atoms with Crippen molar-refractivity contribution in [2.24, 2.45) is 0 Å². The maximum atomic E-state index is 12.4. The summed E-state index contributed by atoms with van der Waals surface area (Å²) < 4.78 is 0. The normalized spacial score (nSPS) is 10.4. The number of anilines is 4. The summed E-state index contributed by atoms with van der Waals surface area (Å²) in [5.74, 6) is 1.08. The highest BCUT2D eigenvalue weighted by Gasteiger charge is 2.11. The number of hydrogen-bond acceptors (Lipinski definition) is 7. The molecule has 7 heteroatoms. The summed E-state index contributed by atoms with van der Waals surface area (Å²) in [6.45, 7) is 0. The first-order valence-electron chi connectivity index (χ1n) is 9.37. The summed E-state index contributed by atoms with van der Waals surface area (Å²) in [5.41, 5.74) is 2.40. The molecule has 1 aromatic heterocycles. The van der Waals surface area contributed by atoms with E-state index in [4.69, 9.17) is 0 Å². The Labute approximate surface area is 178 Å². The molecule has 148 valence electrons. The van der Waals surface area contributed by atoms with E-state index in [2.05, 4.69) is 25.6 Å². The first-order chi connectivity index (χ1) is 14.8. The van der Waals surface area contributed by atoms with Crippen LogP contribution in [0.1, 0.15) is 10.4 Å². The molecule has 0 unspecified atom stereocenters. The SMILES string of the molecule is O=C(CSc1nc(Nc2ccccc2)nc(Nc2ccccc2)n1)c1ccccc1. The van der Waals surface area contributed by atoms with Crippen molar-refractivity contribution in [3.63, 3.8) is 0 Å². The molecule has 0 bridgehead atoms. The number of hydrogen-bond donors (Lipinski definition) is 2. The van der Waals surface area contributed by atoms with Gasteiger partial charge in [0.25, 0.3) is 0 Å². The van der Waals surface area contributed by atoms with Crippen LogP contribution >= 0.6 is 11.8 Å². The van der Waals surface area contributed by atoms with Crippen molar-refractivity contribution >= 4 is 40.8 Å². The number of carbonyl (C=O) groups excluding carboxylic acids is 1. The van der Waals surface area contributed by atoms with Gasteiger partial charge in [-0.3, -0.25) is 4.79 Å². The van der Waals surface area contributed by atoms with Crippen molar-refractivity contribution in [2.75, 3.05) is 16.4 Å². The maximum absolute atomic E-state index is 12.4. The third kappa shape index (κ3) is 5.42. The van der Waals surface area contributed by atoms with Crippen LogP contribution in [0.4, 0.5) is 23.3 Å². The van der Waals surface area contributed by atoms with Crippen molar-refractivity contribution < 1.29 is 4.79 Å². The zero-order valence-electron chi connectivity index (χ0n) is 16.0. The first kappa shape index (κ1) is 19.6. The van der Waals surface area contributed by atoms with E-state index in [0.29, 0.717) is 22.6 Å². The lowest BCUT2D eigenvalue weighted by Gasteiger charge is -2.10. The molecular formula is C23H19N5OS. The van der Waals surface area contributed by atoms with E-state index in [0.717, 1.165) is 11.4 Å². The third-order valence-electron chi connectivity index (χ3n) is 4.10. The highest BCUT2D eigenvalue weighted by Crippen LogP contribution is 2.22. The number of nitrogens with one attached hydrogen (secondary N) is 2. The van der Waals surface area contributed by atoms with E-state index in [1.165, 1.54) is 11.8 Å². The predicted molar refractivity (Wildman–Crippen MR) is 121 cm³/mol. The second kappa shape index (κ2) is 9.67. The van der Waals surface area contributed by atoms with E-state index in [-0.39, 0.29) is 11.5 Å². The monoisotopic (exact) mass is 413 g/mol. The van der Waals surface area contributed by atoms with Gasteiger partial charge in [0.1, 0.15) is 0 Å². The fourth-order valence-corrected chi connectivity index (χ4v) is 3.40. The number of ketones is 1. The fraction of sp³-hybridized carbons (Fsp3) is 0.0435. The summed E-state index contributed by atoms with van der Waals surface area (Å²) in [4.78, 5) is 25.9. The molecule has 3 aromatic carbocycles. The molecule has 0 amide bonds. The number of thioether (sulfide) groups is 1. The number of aromatic nitrogens is 3. The fourth-order valence-electron chi connectivity index (χ4n) is 2.67. The van der Waals surface area contributed by atoms with Crippen LogP contribution in [0.3, 0.4) is 0 Å². The third-order valence-corrected chi connectivity index (χ3v) is 4.95. The van der Waals surface area contributed by atoms with Crippen LogP contribution in [-0.2, 0) is 0 Å². The number of benzene rings is 3. The predicted octanol–water partition coefficient (Wildman–Crippen LogP) is 5.33. The van der Waals surface area contributed by atoms with Crippen molar-refractivity contribution in [1.82, 2.24) is 15.0 Å². The lowest BCUT2D eigenvalue weighted by Crippen LogP contribution is -2.07. The topological polar surface area (TPSA) is 79.8 Å². The molecule has 4 aromatic rings. The van der Waals surface area contributed by atoms with Crippen molar-refractivity contribution in [3.05, 3.63) is 96.6 Å². The molecule has 30 heavy (non-hydrogen) atoms. The van der Waals surface area contributed by atoms with Gasteiger partial charge in [0, 0.05) is 16.9 Å². The Morgan fingerprint density at radius 3 is 1.63 bits per heavy atom. The Hall–Kier alpha value is -3.71. The van der Waals surface area contributed by atoms with Crippen molar-refractivity contribution in [2.45, 2.75) is 5.16 Å². The summed E-state index contributed by atoms with van der Waals surface area (Å²) in [6, 6.07) is 28.5. The van der Waals surface area contributed by atoms with Gasteiger partial charge in [-0.1, -0.05) is 78.5 Å². The lowest BCUT2D eigenvalue weighted by atomic mass is 10.2. The summed E-state index contributed by atoms with van der Waals surface area (Å²) in [7, 11) is 0. The van der Waals surface area contributed by atoms with Gasteiger partial charge < -0.3 is 10.6 Å². The maximum Gasteiger partial charge on any atom is 0.233 e. The van der Waals surface area contributed by atoms with E-state index in [1.807, 2.05) is 78.9 Å². The molecule has 0 spiro atoms. The first-order valence-corrected chi connectivity index (χ1v) is 10.4. The van der Waals surface area contributed by atoms with Crippen LogP contribution < -0.4 is 10.6 Å². The number of rotatable bonds is 8. The molecule has 0 saturated heterocycles. The van der Waals surface area contributed by atoms with Gasteiger partial charge in [0.15, 0.2) is 10.9 Å². The van der Waals surface area contributed by atoms with E-state index in [9.17, 15) is 4.79 Å². The van der Waals surface area contributed by atoms with Crippen LogP contribution in [-0.4, -0.2) is 26.5 Å². The zero-order valence-corrected chi connectivity index (χ0v) is 16.8. The van der Waals surface area contributed by atoms with Gasteiger partial charge in [-0.2, -0.15) is 15.0 Å². The van der Waals surface area contributed by atoms with Gasteiger partial charge in [0.2, 0.25) is 11.9 Å². The standard InChI is InChI=1S/C23H19N5OS/c29-20(17-10-4-1-5-11-17)16-30-23-27-21(24-18-12-6-2-7-13-18)26-22(28-23)25-19-14-8-3-9-15-19/h1-15H,16H2,(H2,24,25,26,27,28). The molecule has 0 atom stereocenters. The molecule has 0 aliphatic rings. The molecule has 0 radical (unpaired) electrons. The molecular weight excluding hydrogens is 394 g/mol. The number of Topliss-reactive ketones (excluding diaryl/α,β-unsaturated/α-hetero) is 1. The minimum absolute atomic E-state index is 0.0242. The largest absolute Gasteiger partial charge is 0.324 e. The van der Waals surface area contributed by atoms with Crippen LogP contribution in [0.2, 0.25) is 0 Å². The van der Waals surface area contributed by atoms with Gasteiger partial charge in [-0.05, 0) is 24.3 Å². The van der Waals surface area contributed by atoms with E-state index >= 15 is 0 Å². The van der Waals surface area contributed by atoms with Crippen molar-refractivity contribution in [3.8, 4) is 0 Å². The number of para-hydroxylation sites is 2. The smallest absolute Gasteiger partial charge is 0.233 e. The van der Waals surface area contributed by atoms with Crippen LogP contribution in [0.25, 0.3) is 0 Å². The quantitative estimate of drug-likeness (QED) is 0.298. The van der Waals surface area contributed by atoms with E-state index < -0.39 is 0 Å². The lowest BCUT2D eigenvalue weighted by molar-refractivity contribution is 0.102. The Morgan fingerprint density at radius 1 is 0.667 bits per heavy atom. The minimum atomic E-state index is 0.0242. The molecule has 4 rings (SSSR count). The zero-order chi connectivity index (χ0) is 20.6. The highest BCUT2D eigenvalue weighted by molar-refractivity contribution is 7.99. The molecule has 2 N–H and O–H groups in total. The van der Waals surface area contributed by atoms with Crippen LogP contribution in [0.15, 0.2) is 96.2 Å². The molecule has 1 heterocycles. The number of nitrogens with zero attached hydrogens (tertiary/aromatic N) is 3. The van der Waals surface area contributed by atoms with Crippen LogP contribution in [0, 0.1) is 0 Å². The average molecular weight is 414 g/mol. The van der Waals surface area contributed by atoms with Crippen molar-refractivity contribution in [1.29, 1.82) is 0 Å². The minimum Gasteiger partial charge on any atom is -0.324 e. The molecule has 6 nitrogen and oxygen atoms in total. The van der Waals surface area contributed by atoms with E-state index in [1.54, 1.807) is 12.1 Å². The molecule has 0 aliphatic carbocycles. The van der Waals surface area contributed by atoms with Crippen LogP contribution in [0.5, 0.6) is 0 Å². The van der Waals surface area contributed by atoms with Gasteiger partial charge in [-0.25, -0.2) is 0 Å². The van der Waals surface area contributed by atoms with Gasteiger partial charge in [0.05, 0.1) is 5.75 Å². The highest BCUT2D eigenvalue weighted by atomic mass is 32.2. The Kier molecular flexibility index (Phi) is 6.31. The Morgan fingerprint density at radius 2 is 1.13 bits per heavy atom. The molecule has 0 saturated carbocycles. The second-order valence-corrected chi connectivity index (χ2v) is 7.27. The summed E-state index contributed by atoms with van der Waals surface area (Å²) in [6.07, 6.45) is 0. The number of carbonyl (C=O) groups is 1. The second-order valence-electron chi connectivity index (χ2n) is 6.33. The van der Waals surface area contributed by atoms with Gasteiger partial charge >= 0.3 is 0 Å². The summed E-state index contributed by atoms with van der Waals surface area (Å²) >= 11 is 1.28. The molecule has 0 fully saturated rings. The Balaban J connectivity index is 1.55. The molecule has 0 aliphatic heterocycles. The average Bonchev–Trinajstić information content (AvgIpc) is 2.79. The summed E-state index contributed by atoms with van der Waals surface area (Å²) in [5, 5.41) is 6.84.